The monoisotopic (exact) mass is 384 g/mol. The van der Waals surface area contributed by atoms with E-state index in [2.05, 4.69) is 55.3 Å². The number of anilines is 1. The van der Waals surface area contributed by atoms with E-state index in [4.69, 9.17) is 0 Å². The summed E-state index contributed by atoms with van der Waals surface area (Å²) in [5.74, 6) is 3.15. The number of piperazine rings is 1. The molecule has 0 saturated carbocycles. The van der Waals surface area contributed by atoms with Crippen molar-refractivity contribution in [2.75, 3.05) is 44.2 Å². The van der Waals surface area contributed by atoms with Crippen LogP contribution in [0.25, 0.3) is 0 Å². The molecule has 0 bridgehead atoms. The van der Waals surface area contributed by atoms with Crippen LogP contribution >= 0.6 is 0 Å². The summed E-state index contributed by atoms with van der Waals surface area (Å²) in [4.78, 5) is 27.8. The van der Waals surface area contributed by atoms with Crippen LogP contribution in [-0.4, -0.2) is 79.7 Å². The first-order chi connectivity index (χ1) is 13.5. The topological polar surface area (TPSA) is 83.3 Å². The molecule has 0 unspecified atom stereocenters. The average Bonchev–Trinajstić information content (AvgIpc) is 3.14. The van der Waals surface area contributed by atoms with Gasteiger partial charge in [-0.2, -0.15) is 0 Å². The first kappa shape index (κ1) is 18.8. The number of nitrogens with zero attached hydrogens (tertiary/aromatic N) is 8. The molecule has 2 aliphatic heterocycles. The van der Waals surface area contributed by atoms with E-state index >= 15 is 0 Å². The van der Waals surface area contributed by atoms with Crippen molar-refractivity contribution < 1.29 is 4.79 Å². The van der Waals surface area contributed by atoms with Crippen molar-refractivity contribution >= 4 is 11.9 Å². The van der Waals surface area contributed by atoms with Gasteiger partial charge in [-0.1, -0.05) is 13.8 Å². The summed E-state index contributed by atoms with van der Waals surface area (Å²) in [6.07, 6.45) is 3.53. The highest BCUT2D eigenvalue weighted by Crippen LogP contribution is 2.25. The van der Waals surface area contributed by atoms with Crippen molar-refractivity contribution in [1.29, 1.82) is 0 Å². The molecular formula is C19H28N8O. The van der Waals surface area contributed by atoms with Gasteiger partial charge in [0.25, 0.3) is 0 Å². The minimum absolute atomic E-state index is 0.164. The second-order valence-electron chi connectivity index (χ2n) is 7.93. The van der Waals surface area contributed by atoms with Crippen molar-refractivity contribution in [2.45, 2.75) is 39.3 Å². The fourth-order valence-corrected chi connectivity index (χ4v) is 4.00. The molecule has 2 aromatic heterocycles. The Kier molecular flexibility index (Phi) is 5.25. The summed E-state index contributed by atoms with van der Waals surface area (Å²) >= 11 is 0. The number of carbonyl (C=O) groups is 1. The van der Waals surface area contributed by atoms with E-state index in [-0.39, 0.29) is 11.9 Å². The van der Waals surface area contributed by atoms with Gasteiger partial charge in [0, 0.05) is 51.0 Å². The molecule has 0 spiro atoms. The molecule has 1 saturated heterocycles. The zero-order valence-corrected chi connectivity index (χ0v) is 16.8. The third-order valence-electron chi connectivity index (χ3n) is 5.49. The van der Waals surface area contributed by atoms with Gasteiger partial charge in [-0.15, -0.1) is 10.2 Å². The lowest BCUT2D eigenvalue weighted by molar-refractivity contribution is -0.134. The van der Waals surface area contributed by atoms with E-state index in [1.165, 1.54) is 0 Å². The number of carbonyl (C=O) groups excluding carboxylic acids is 1. The van der Waals surface area contributed by atoms with Gasteiger partial charge >= 0.3 is 0 Å². The maximum atomic E-state index is 12.9. The predicted molar refractivity (Wildman–Crippen MR) is 105 cm³/mol. The summed E-state index contributed by atoms with van der Waals surface area (Å²) in [5.41, 5.74) is 0. The number of fused-ring (bicyclic) bond motifs is 1. The molecule has 1 fully saturated rings. The first-order valence-corrected chi connectivity index (χ1v) is 9.98. The molecule has 2 aliphatic rings. The third kappa shape index (κ3) is 3.71. The van der Waals surface area contributed by atoms with E-state index < -0.39 is 0 Å². The largest absolute Gasteiger partial charge is 0.338 e. The van der Waals surface area contributed by atoms with Gasteiger partial charge in [0.2, 0.25) is 11.9 Å². The lowest BCUT2D eigenvalue weighted by Gasteiger charge is -2.37. The second kappa shape index (κ2) is 7.83. The number of aromatic nitrogens is 5. The summed E-state index contributed by atoms with van der Waals surface area (Å²) in [6, 6.07) is 2.02. The molecule has 0 aromatic carbocycles. The highest BCUT2D eigenvalue weighted by Gasteiger charge is 2.31. The summed E-state index contributed by atoms with van der Waals surface area (Å²) in [7, 11) is 0. The molecule has 9 nitrogen and oxygen atoms in total. The Morgan fingerprint density at radius 2 is 1.86 bits per heavy atom. The number of hydrogen-bond acceptors (Lipinski definition) is 7. The average molecular weight is 384 g/mol. The van der Waals surface area contributed by atoms with Gasteiger partial charge in [0.1, 0.15) is 5.82 Å². The number of amides is 1. The van der Waals surface area contributed by atoms with E-state index in [0.717, 1.165) is 43.8 Å². The standard InChI is InChI=1S/C19H28N8O/c1-14(2)18-23-22-16-12-26(11-15(3)27(16)18)17(28)13-24-7-9-25(10-8-24)19-20-5-4-6-21-19/h4-6,14-15H,7-13H2,1-3H3/t15-/m0/s1. The smallest absolute Gasteiger partial charge is 0.237 e. The van der Waals surface area contributed by atoms with Crippen LogP contribution in [0.1, 0.15) is 44.4 Å². The molecule has 2 aromatic rings. The maximum Gasteiger partial charge on any atom is 0.237 e. The fourth-order valence-electron chi connectivity index (χ4n) is 4.00. The van der Waals surface area contributed by atoms with Gasteiger partial charge in [-0.25, -0.2) is 9.97 Å². The minimum atomic E-state index is 0.164. The minimum Gasteiger partial charge on any atom is -0.338 e. The van der Waals surface area contributed by atoms with Crippen LogP contribution in [0.5, 0.6) is 0 Å². The van der Waals surface area contributed by atoms with Crippen LogP contribution in [0.15, 0.2) is 18.5 Å². The third-order valence-corrected chi connectivity index (χ3v) is 5.49. The van der Waals surface area contributed by atoms with Gasteiger partial charge < -0.3 is 14.4 Å². The van der Waals surface area contributed by atoms with E-state index in [0.29, 0.717) is 25.6 Å². The predicted octanol–water partition coefficient (Wildman–Crippen LogP) is 0.917. The summed E-state index contributed by atoms with van der Waals surface area (Å²) < 4.78 is 2.20. The zero-order valence-electron chi connectivity index (χ0n) is 16.8. The van der Waals surface area contributed by atoms with Crippen LogP contribution in [0.4, 0.5) is 5.95 Å². The molecule has 0 radical (unpaired) electrons. The van der Waals surface area contributed by atoms with Crippen LogP contribution < -0.4 is 4.90 Å². The SMILES string of the molecule is CC(C)c1nnc2n1[C@@H](C)CN(C(=O)CN1CCN(c3ncccn3)CC1)C2. The van der Waals surface area contributed by atoms with Crippen molar-refractivity contribution in [3.8, 4) is 0 Å². The van der Waals surface area contributed by atoms with Crippen molar-refractivity contribution in [3.05, 3.63) is 30.1 Å². The van der Waals surface area contributed by atoms with Crippen molar-refractivity contribution in [1.82, 2.24) is 34.5 Å². The van der Waals surface area contributed by atoms with Gasteiger partial charge in [-0.3, -0.25) is 9.69 Å². The second-order valence-corrected chi connectivity index (χ2v) is 7.93. The van der Waals surface area contributed by atoms with E-state index in [1.807, 2.05) is 11.0 Å². The Morgan fingerprint density at radius 1 is 1.14 bits per heavy atom. The Morgan fingerprint density at radius 3 is 2.54 bits per heavy atom. The van der Waals surface area contributed by atoms with Crippen molar-refractivity contribution in [3.63, 3.8) is 0 Å². The zero-order chi connectivity index (χ0) is 19.7. The highest BCUT2D eigenvalue weighted by atomic mass is 16.2. The van der Waals surface area contributed by atoms with Crippen LogP contribution in [0.3, 0.4) is 0 Å². The normalized spacial score (nSPS) is 20.5. The quantitative estimate of drug-likeness (QED) is 0.775. The first-order valence-electron chi connectivity index (χ1n) is 9.98. The molecule has 0 N–H and O–H groups in total. The molecule has 150 valence electrons. The number of hydrogen-bond donors (Lipinski definition) is 0. The van der Waals surface area contributed by atoms with Gasteiger partial charge in [-0.05, 0) is 13.0 Å². The maximum absolute atomic E-state index is 12.9. The molecule has 0 aliphatic carbocycles. The molecule has 9 heteroatoms. The molecule has 4 heterocycles. The summed E-state index contributed by atoms with van der Waals surface area (Å²) in [5, 5.41) is 8.68. The number of rotatable bonds is 4. The molecule has 28 heavy (non-hydrogen) atoms. The lowest BCUT2D eigenvalue weighted by atomic mass is 10.1. The molecule has 4 rings (SSSR count). The molecular weight excluding hydrogens is 356 g/mol. The van der Waals surface area contributed by atoms with E-state index in [9.17, 15) is 4.79 Å². The Balaban J connectivity index is 1.33. The van der Waals surface area contributed by atoms with Gasteiger partial charge in [0.05, 0.1) is 19.1 Å². The molecule has 1 amide bonds. The van der Waals surface area contributed by atoms with Crippen molar-refractivity contribution in [2.24, 2.45) is 0 Å². The van der Waals surface area contributed by atoms with Crippen LogP contribution in [0, 0.1) is 0 Å². The molecule has 1 atom stereocenters. The highest BCUT2D eigenvalue weighted by molar-refractivity contribution is 5.78. The Hall–Kier alpha value is -2.55. The fraction of sp³-hybridized carbons (Fsp3) is 0.632. The Bertz CT molecular complexity index is 813. The Labute approximate surface area is 165 Å². The van der Waals surface area contributed by atoms with Crippen LogP contribution in [0.2, 0.25) is 0 Å². The van der Waals surface area contributed by atoms with Crippen LogP contribution in [-0.2, 0) is 11.3 Å². The lowest BCUT2D eigenvalue weighted by Crippen LogP contribution is -2.51. The van der Waals surface area contributed by atoms with E-state index in [1.54, 1.807) is 12.4 Å². The summed E-state index contributed by atoms with van der Waals surface area (Å²) in [6.45, 7) is 11.4. The van der Waals surface area contributed by atoms with Gasteiger partial charge in [0.15, 0.2) is 5.82 Å².